The highest BCUT2D eigenvalue weighted by atomic mass is 16.5. The lowest BCUT2D eigenvalue weighted by Gasteiger charge is -2.15. The molecule has 0 heterocycles. The Morgan fingerprint density at radius 2 is 1.89 bits per heavy atom. The summed E-state index contributed by atoms with van der Waals surface area (Å²) >= 11 is 0. The molecule has 18 heavy (non-hydrogen) atoms. The molecule has 3 heteroatoms. The molecule has 2 aromatic carbocycles. The lowest BCUT2D eigenvalue weighted by Crippen LogP contribution is -2.05. The Balaban J connectivity index is 2.86. The average Bonchev–Trinajstić information content (AvgIpc) is 2.35. The SMILES string of the molecule is COc1cccc2c(C(C)C)c(C(=O)O)ccc12. The number of ether oxygens (including phenoxy) is 1. The first-order chi connectivity index (χ1) is 8.56. The van der Waals surface area contributed by atoms with E-state index in [9.17, 15) is 9.90 Å². The maximum absolute atomic E-state index is 11.3. The van der Waals surface area contributed by atoms with Gasteiger partial charge in [-0.2, -0.15) is 0 Å². The van der Waals surface area contributed by atoms with Crippen molar-refractivity contribution in [2.45, 2.75) is 19.8 Å². The Kier molecular flexibility index (Phi) is 3.24. The molecular weight excluding hydrogens is 228 g/mol. The highest BCUT2D eigenvalue weighted by Crippen LogP contribution is 2.33. The number of rotatable bonds is 3. The number of fused-ring (bicyclic) bond motifs is 1. The van der Waals surface area contributed by atoms with Gasteiger partial charge in [0.25, 0.3) is 0 Å². The number of carboxylic acid groups (broad SMARTS) is 1. The first kappa shape index (κ1) is 12.4. The number of carbonyl (C=O) groups is 1. The highest BCUT2D eigenvalue weighted by molar-refractivity contribution is 6.00. The van der Waals surface area contributed by atoms with E-state index in [2.05, 4.69) is 0 Å². The van der Waals surface area contributed by atoms with E-state index in [4.69, 9.17) is 4.74 Å². The lowest BCUT2D eigenvalue weighted by molar-refractivity contribution is 0.0695. The predicted molar refractivity (Wildman–Crippen MR) is 71.5 cm³/mol. The summed E-state index contributed by atoms with van der Waals surface area (Å²) in [5.74, 6) is 0.0293. The summed E-state index contributed by atoms with van der Waals surface area (Å²) in [4.78, 5) is 11.3. The maximum Gasteiger partial charge on any atom is 0.335 e. The van der Waals surface area contributed by atoms with Gasteiger partial charge < -0.3 is 9.84 Å². The molecule has 0 amide bonds. The second-order valence-electron chi connectivity index (χ2n) is 4.54. The molecule has 0 radical (unpaired) electrons. The Labute approximate surface area is 106 Å². The quantitative estimate of drug-likeness (QED) is 0.896. The van der Waals surface area contributed by atoms with E-state index in [-0.39, 0.29) is 5.92 Å². The molecule has 2 aromatic rings. The van der Waals surface area contributed by atoms with Gasteiger partial charge in [-0.25, -0.2) is 4.79 Å². The predicted octanol–water partition coefficient (Wildman–Crippen LogP) is 3.67. The molecular formula is C15H16O3. The van der Waals surface area contributed by atoms with Crippen LogP contribution in [0.1, 0.15) is 35.7 Å². The van der Waals surface area contributed by atoms with Crippen LogP contribution in [0, 0.1) is 0 Å². The van der Waals surface area contributed by atoms with E-state index in [1.165, 1.54) is 0 Å². The molecule has 0 saturated heterocycles. The van der Waals surface area contributed by atoms with Crippen LogP contribution in [-0.2, 0) is 0 Å². The number of methoxy groups -OCH3 is 1. The molecule has 2 rings (SSSR count). The normalized spacial score (nSPS) is 10.9. The van der Waals surface area contributed by atoms with Crippen molar-refractivity contribution >= 4 is 16.7 Å². The number of benzene rings is 2. The molecule has 0 fully saturated rings. The van der Waals surface area contributed by atoms with Gasteiger partial charge in [0.15, 0.2) is 0 Å². The molecule has 94 valence electrons. The van der Waals surface area contributed by atoms with Crippen molar-refractivity contribution in [1.29, 1.82) is 0 Å². The summed E-state index contributed by atoms with van der Waals surface area (Å²) in [6.07, 6.45) is 0. The zero-order valence-electron chi connectivity index (χ0n) is 10.7. The van der Waals surface area contributed by atoms with Crippen LogP contribution in [0.3, 0.4) is 0 Å². The van der Waals surface area contributed by atoms with E-state index in [0.717, 1.165) is 22.1 Å². The van der Waals surface area contributed by atoms with Crippen LogP contribution in [0.2, 0.25) is 0 Å². The van der Waals surface area contributed by atoms with Crippen LogP contribution in [-0.4, -0.2) is 18.2 Å². The topological polar surface area (TPSA) is 46.5 Å². The molecule has 0 atom stereocenters. The third-order valence-electron chi connectivity index (χ3n) is 3.09. The molecule has 0 bridgehead atoms. The third-order valence-corrected chi connectivity index (χ3v) is 3.09. The lowest BCUT2D eigenvalue weighted by atomic mass is 9.91. The van der Waals surface area contributed by atoms with Crippen LogP contribution in [0.15, 0.2) is 30.3 Å². The smallest absolute Gasteiger partial charge is 0.335 e. The minimum absolute atomic E-state index is 0.145. The zero-order chi connectivity index (χ0) is 13.3. The molecule has 0 aromatic heterocycles. The van der Waals surface area contributed by atoms with Crippen molar-refractivity contribution in [2.75, 3.05) is 7.11 Å². The molecule has 0 aliphatic heterocycles. The van der Waals surface area contributed by atoms with Gasteiger partial charge in [0.2, 0.25) is 0 Å². The summed E-state index contributed by atoms with van der Waals surface area (Å²) in [5.41, 5.74) is 1.23. The van der Waals surface area contributed by atoms with Crippen molar-refractivity contribution < 1.29 is 14.6 Å². The average molecular weight is 244 g/mol. The number of hydrogen-bond acceptors (Lipinski definition) is 2. The molecule has 1 N–H and O–H groups in total. The van der Waals surface area contributed by atoms with Crippen molar-refractivity contribution in [3.05, 3.63) is 41.5 Å². The highest BCUT2D eigenvalue weighted by Gasteiger charge is 2.17. The van der Waals surface area contributed by atoms with E-state index in [0.29, 0.717) is 5.56 Å². The molecule has 0 aliphatic carbocycles. The molecule has 0 unspecified atom stereocenters. The van der Waals surface area contributed by atoms with Gasteiger partial charge in [-0.15, -0.1) is 0 Å². The fraction of sp³-hybridized carbons (Fsp3) is 0.267. The van der Waals surface area contributed by atoms with Gasteiger partial charge in [-0.3, -0.25) is 0 Å². The molecule has 3 nitrogen and oxygen atoms in total. The molecule has 0 saturated carbocycles. The third kappa shape index (κ3) is 1.92. The summed E-state index contributed by atoms with van der Waals surface area (Å²) < 4.78 is 5.32. The zero-order valence-corrected chi connectivity index (χ0v) is 10.7. The summed E-state index contributed by atoms with van der Waals surface area (Å²) in [6, 6.07) is 9.18. The number of hydrogen-bond donors (Lipinski definition) is 1. The van der Waals surface area contributed by atoms with Crippen molar-refractivity contribution in [3.63, 3.8) is 0 Å². The Morgan fingerprint density at radius 3 is 2.44 bits per heavy atom. The molecule has 0 spiro atoms. The van der Waals surface area contributed by atoms with Crippen molar-refractivity contribution in [1.82, 2.24) is 0 Å². The van der Waals surface area contributed by atoms with Gasteiger partial charge in [0.1, 0.15) is 5.75 Å². The maximum atomic E-state index is 11.3. The second-order valence-corrected chi connectivity index (χ2v) is 4.54. The minimum atomic E-state index is -0.886. The van der Waals surface area contributed by atoms with Crippen LogP contribution in [0.4, 0.5) is 0 Å². The van der Waals surface area contributed by atoms with Gasteiger partial charge >= 0.3 is 5.97 Å². The second kappa shape index (κ2) is 4.69. The van der Waals surface area contributed by atoms with Crippen molar-refractivity contribution in [3.8, 4) is 5.75 Å². The largest absolute Gasteiger partial charge is 0.496 e. The Bertz CT molecular complexity index is 600. The first-order valence-corrected chi connectivity index (χ1v) is 5.89. The van der Waals surface area contributed by atoms with Gasteiger partial charge in [0, 0.05) is 5.39 Å². The summed E-state index contributed by atoms with van der Waals surface area (Å²) in [7, 11) is 1.62. The van der Waals surface area contributed by atoms with Gasteiger partial charge in [0.05, 0.1) is 12.7 Å². The van der Waals surface area contributed by atoms with E-state index in [1.807, 2.05) is 38.1 Å². The molecule has 0 aliphatic rings. The van der Waals surface area contributed by atoms with Crippen LogP contribution < -0.4 is 4.74 Å². The Hall–Kier alpha value is -2.03. The monoisotopic (exact) mass is 244 g/mol. The fourth-order valence-electron chi connectivity index (χ4n) is 2.34. The van der Waals surface area contributed by atoms with Gasteiger partial charge in [-0.05, 0) is 35.1 Å². The van der Waals surface area contributed by atoms with E-state index in [1.54, 1.807) is 13.2 Å². The van der Waals surface area contributed by atoms with Crippen molar-refractivity contribution in [2.24, 2.45) is 0 Å². The van der Waals surface area contributed by atoms with Crippen LogP contribution in [0.5, 0.6) is 5.75 Å². The summed E-state index contributed by atoms with van der Waals surface area (Å²) in [5, 5.41) is 11.2. The first-order valence-electron chi connectivity index (χ1n) is 5.89. The summed E-state index contributed by atoms with van der Waals surface area (Å²) in [6.45, 7) is 4.00. The van der Waals surface area contributed by atoms with Crippen LogP contribution in [0.25, 0.3) is 10.8 Å². The number of aromatic carboxylic acids is 1. The number of carboxylic acids is 1. The minimum Gasteiger partial charge on any atom is -0.496 e. The standard InChI is InChI=1S/C15H16O3/c1-9(2)14-11-5-4-6-13(18-3)10(11)7-8-12(14)15(16)17/h4-9H,1-3H3,(H,16,17). The van der Waals surface area contributed by atoms with E-state index >= 15 is 0 Å². The van der Waals surface area contributed by atoms with E-state index < -0.39 is 5.97 Å². The fourth-order valence-corrected chi connectivity index (χ4v) is 2.34. The van der Waals surface area contributed by atoms with Crippen LogP contribution >= 0.6 is 0 Å². The van der Waals surface area contributed by atoms with Gasteiger partial charge in [-0.1, -0.05) is 26.0 Å². The Morgan fingerprint density at radius 1 is 1.17 bits per heavy atom.